The number of rotatable bonds is 18. The van der Waals surface area contributed by atoms with Gasteiger partial charge in [-0.15, -0.1) is 11.3 Å². The Hall–Kier alpha value is -6.89. The number of likely N-dealkylation sites (tertiary alicyclic amines) is 1. The summed E-state index contributed by atoms with van der Waals surface area (Å²) < 4.78 is 35.5. The highest BCUT2D eigenvalue weighted by atomic mass is 32.1. The maximum atomic E-state index is 8.88. The molecule has 0 amide bonds. The first-order valence-corrected chi connectivity index (χ1v) is 39.9. The van der Waals surface area contributed by atoms with Crippen LogP contribution in [0.25, 0.3) is 0 Å². The molecular weight excluding hydrogens is 1340 g/mol. The second-order valence-corrected chi connectivity index (χ2v) is 32.4. The number of thiazole rings is 1. The molecule has 4 aliphatic rings. The number of aryl methyl sites for hydroxylation is 4. The van der Waals surface area contributed by atoms with Crippen LogP contribution in [0.15, 0.2) is 104 Å². The summed E-state index contributed by atoms with van der Waals surface area (Å²) in [5.41, 5.74) is 9.13. The lowest BCUT2D eigenvalue weighted by molar-refractivity contribution is 0.0938. The lowest BCUT2D eigenvalue weighted by Gasteiger charge is -2.29. The van der Waals surface area contributed by atoms with Crippen molar-refractivity contribution in [1.82, 2.24) is 83.3 Å². The Morgan fingerprint density at radius 1 is 0.448 bits per heavy atom. The molecule has 0 radical (unpaired) electrons. The van der Waals surface area contributed by atoms with E-state index in [1.807, 2.05) is 113 Å². The van der Waals surface area contributed by atoms with E-state index in [1.165, 1.54) is 100 Å². The predicted molar refractivity (Wildman–Crippen MR) is 427 cm³/mol. The maximum absolute atomic E-state index is 8.88. The highest BCUT2D eigenvalue weighted by Gasteiger charge is 2.22. The number of aromatic nitrogens is 16. The Morgan fingerprint density at radius 3 is 1.20 bits per heavy atom. The first-order valence-electron chi connectivity index (χ1n) is 39.1. The molecule has 0 spiro atoms. The van der Waals surface area contributed by atoms with Crippen LogP contribution < -0.4 is 0 Å². The Balaban J connectivity index is 0.000000213. The first kappa shape index (κ1) is 88.7. The van der Waals surface area contributed by atoms with Gasteiger partial charge in [-0.1, -0.05) is 125 Å². The normalized spacial score (nSPS) is 16.9. The summed E-state index contributed by atoms with van der Waals surface area (Å²) in [4.78, 5) is 11.9. The van der Waals surface area contributed by atoms with E-state index in [0.717, 1.165) is 64.1 Å². The quantitative estimate of drug-likeness (QED) is 0.0845. The molecule has 4 saturated heterocycles. The van der Waals surface area contributed by atoms with E-state index in [-0.39, 0.29) is 12.6 Å². The number of aliphatic hydroxyl groups is 1. The van der Waals surface area contributed by atoms with Crippen molar-refractivity contribution in [2.24, 2.45) is 7.05 Å². The van der Waals surface area contributed by atoms with E-state index >= 15 is 0 Å². The summed E-state index contributed by atoms with van der Waals surface area (Å²) >= 11 is 1.78. The number of aliphatic hydroxyl groups excluding tert-OH is 1. The van der Waals surface area contributed by atoms with Gasteiger partial charge in [0.15, 0.2) is 5.89 Å². The minimum atomic E-state index is 0.0810. The Kier molecular flexibility index (Phi) is 39.2. The van der Waals surface area contributed by atoms with Crippen LogP contribution in [0.2, 0.25) is 0 Å². The summed E-state index contributed by atoms with van der Waals surface area (Å²) in [6, 6.07) is 1.17. The second kappa shape index (κ2) is 46.4. The van der Waals surface area contributed by atoms with Gasteiger partial charge in [-0.2, -0.15) is 35.7 Å². The molecule has 22 nitrogen and oxygen atoms in total. The van der Waals surface area contributed by atoms with Gasteiger partial charge >= 0.3 is 0 Å². The maximum Gasteiger partial charge on any atom is 0.191 e. The summed E-state index contributed by atoms with van der Waals surface area (Å²) in [7, 11) is 4.13. The molecule has 0 saturated carbocycles. The molecule has 1 N–H and O–H groups in total. The SMILES string of the molecule is CC(C)c1cnn(C)c1.CC(C)c1cnn(C2CCN(C)CC2)c1.CC(C)c1cnn(C2CCOC2)c1.CC(C)c1cnn(CC2CCCO2)c1.CC(C)c1cnn(C[C@@H]2CCCO2)c1.CC(C)c1cnn([C@@H](C)CO)c1.CCn1cc(C(C)C)cn1.Cc1ncc(C(C)C)o1.Cc1ncc(C(C)C)s1. The average Bonchev–Trinajstić information content (AvgIpc) is 1.74. The zero-order chi connectivity index (χ0) is 77.3. The van der Waals surface area contributed by atoms with Crippen molar-refractivity contribution in [2.45, 2.75) is 300 Å². The molecule has 4 atom stereocenters. The third-order valence-electron chi connectivity index (χ3n) is 18.8. The van der Waals surface area contributed by atoms with Crippen molar-refractivity contribution in [2.75, 3.05) is 53.2 Å². The Labute approximate surface area is 635 Å². The van der Waals surface area contributed by atoms with Gasteiger partial charge in [0, 0.05) is 101 Å². The largest absolute Gasteiger partial charge is 0.446 e. The molecular formula is C82H137N17O5S. The van der Waals surface area contributed by atoms with Gasteiger partial charge in [0.1, 0.15) is 5.76 Å². The molecule has 9 aromatic heterocycles. The van der Waals surface area contributed by atoms with Crippen LogP contribution in [-0.4, -0.2) is 154 Å². The van der Waals surface area contributed by atoms with E-state index in [9.17, 15) is 0 Å². The predicted octanol–water partition coefficient (Wildman–Crippen LogP) is 18.4. The van der Waals surface area contributed by atoms with E-state index in [1.54, 1.807) is 22.2 Å². The van der Waals surface area contributed by atoms with Gasteiger partial charge in [-0.05, 0) is 172 Å². The zero-order valence-corrected chi connectivity index (χ0v) is 69.7. The van der Waals surface area contributed by atoms with Crippen LogP contribution in [0.4, 0.5) is 0 Å². The smallest absolute Gasteiger partial charge is 0.191 e. The standard InChI is InChI=1S/C12H21N3.2C11H18N2O.C10H16N2O.C9H16N2O.C8H14N2.C7H12N2.C7H11NO.C7H11NS/c1-10(2)11-8-13-15(9-11)12-4-6-14(3)7-5-12;2*1-9(2)10-6-12-13(7-10)8-11-4-3-5-14-11;1-8(2)9-5-11-12(6-9)10-3-4-13-7-10;1-7(2)9-4-10-11(5-9)8(3)6-12;1-4-10-6-8(5-9-10)7(2)3;1-6(2)7-4-8-9(3)5-7;2*1-5(2)7-4-8-6(3)9-7/h8-10,12H,4-7H2,1-3H3;2*6-7,9,11H,3-5,8H2,1-2H3;5-6,8,10H,3-4,7H2,1-2H3;4-5,7-8,12H,6H2,1-3H3;5-7H,4H2,1-3H3;4-6H,1-3H3;2*4-5H,1-3H3/t;11-;;;8-;;;;/m.0..0..../s1. The number of ether oxygens (including phenoxy) is 3. The fourth-order valence-corrected chi connectivity index (χ4v) is 11.9. The molecule has 4 aliphatic heterocycles. The van der Waals surface area contributed by atoms with Gasteiger partial charge in [0.2, 0.25) is 0 Å². The minimum Gasteiger partial charge on any atom is -0.446 e. The van der Waals surface area contributed by atoms with Crippen molar-refractivity contribution in [1.29, 1.82) is 0 Å². The van der Waals surface area contributed by atoms with Gasteiger partial charge in [-0.25, -0.2) is 9.97 Å². The average molecular weight is 1470 g/mol. The highest BCUT2D eigenvalue weighted by Crippen LogP contribution is 2.26. The van der Waals surface area contributed by atoms with Gasteiger partial charge in [0.05, 0.1) is 111 Å². The number of hydrogen-bond donors (Lipinski definition) is 1. The Morgan fingerprint density at radius 2 is 0.886 bits per heavy atom. The van der Waals surface area contributed by atoms with Gasteiger partial charge < -0.3 is 28.6 Å². The lowest BCUT2D eigenvalue weighted by atomic mass is 10.1. The highest BCUT2D eigenvalue weighted by molar-refractivity contribution is 7.11. The molecule has 13 heterocycles. The number of hydrogen-bond acceptors (Lipinski definition) is 16. The lowest BCUT2D eigenvalue weighted by Crippen LogP contribution is -2.31. The first-order chi connectivity index (χ1) is 49.9. The minimum absolute atomic E-state index is 0.0810. The van der Waals surface area contributed by atoms with Crippen molar-refractivity contribution >= 4 is 11.3 Å². The Bertz CT molecular complexity index is 3510. The summed E-state index contributed by atoms with van der Waals surface area (Å²) in [5, 5.41) is 39.9. The van der Waals surface area contributed by atoms with Gasteiger partial charge in [0.25, 0.3) is 0 Å². The van der Waals surface area contributed by atoms with Crippen LogP contribution >= 0.6 is 11.3 Å². The summed E-state index contributed by atoms with van der Waals surface area (Å²) in [5.74, 6) is 6.78. The van der Waals surface area contributed by atoms with E-state index in [2.05, 4.69) is 225 Å². The third kappa shape index (κ3) is 32.2. The third-order valence-corrected chi connectivity index (χ3v) is 20.1. The molecule has 23 heteroatoms. The molecule has 0 aromatic carbocycles. The number of nitrogens with zero attached hydrogens (tertiary/aromatic N) is 17. The monoisotopic (exact) mass is 1470 g/mol. The van der Waals surface area contributed by atoms with Crippen molar-refractivity contribution in [3.05, 3.63) is 160 Å². The molecule has 105 heavy (non-hydrogen) atoms. The molecule has 2 unspecified atom stereocenters. The topological polar surface area (TPSA) is 215 Å². The van der Waals surface area contributed by atoms with Crippen LogP contribution in [0.3, 0.4) is 0 Å². The van der Waals surface area contributed by atoms with E-state index < -0.39 is 0 Å². The molecule has 9 aromatic rings. The molecule has 4 fully saturated rings. The summed E-state index contributed by atoms with van der Waals surface area (Å²) in [6.07, 6.45) is 41.2. The van der Waals surface area contributed by atoms with Crippen molar-refractivity contribution < 1.29 is 23.7 Å². The molecule has 0 bridgehead atoms. The van der Waals surface area contributed by atoms with Crippen molar-refractivity contribution in [3.8, 4) is 0 Å². The number of piperidine rings is 1. The fourth-order valence-electron chi connectivity index (χ4n) is 11.1. The second-order valence-electron chi connectivity index (χ2n) is 31.1. The van der Waals surface area contributed by atoms with E-state index in [0.29, 0.717) is 77.6 Å². The molecule has 586 valence electrons. The zero-order valence-electron chi connectivity index (χ0n) is 68.9. The van der Waals surface area contributed by atoms with E-state index in [4.69, 9.17) is 23.7 Å². The molecule has 0 aliphatic carbocycles. The van der Waals surface area contributed by atoms with Crippen LogP contribution in [0.5, 0.6) is 0 Å². The van der Waals surface area contributed by atoms with Crippen LogP contribution in [0, 0.1) is 13.8 Å². The number of oxazole rings is 1. The van der Waals surface area contributed by atoms with Gasteiger partial charge in [-0.3, -0.25) is 32.8 Å². The van der Waals surface area contributed by atoms with Crippen LogP contribution in [-0.2, 0) is 40.9 Å². The fraction of sp³-hybridized carbons (Fsp3) is 0.671. The summed E-state index contributed by atoms with van der Waals surface area (Å²) in [6.45, 7) is 55.8. The van der Waals surface area contributed by atoms with Crippen LogP contribution in [0.1, 0.15) is 315 Å². The molecule has 13 rings (SSSR count). The van der Waals surface area contributed by atoms with Crippen molar-refractivity contribution in [3.63, 3.8) is 0 Å².